The van der Waals surface area contributed by atoms with E-state index in [1.807, 2.05) is 36.4 Å². The highest BCUT2D eigenvalue weighted by Crippen LogP contribution is 2.36. The van der Waals surface area contributed by atoms with Gasteiger partial charge in [0.05, 0.1) is 23.3 Å². The lowest BCUT2D eigenvalue weighted by atomic mass is 10.0. The van der Waals surface area contributed by atoms with Crippen LogP contribution in [0.2, 0.25) is 0 Å². The molecule has 2 aliphatic heterocycles. The standard InChI is InChI=1S/C55H80N18O8/c56-22-2-1-9-41(51(79)70-42(11-8-24-63-55(60)61)52(80)71-45(33-74)53(81)68-40(49(57)77)10-7-23-62-54(58)59)69-50(78)34-12-14-35(15-13-34)66-48-38-18-16-36(64-46(75)20-29-72-25-3-4-26-72)31-43(38)67-44-32-37(17-19-39(44)48)65-47(76)21-30-73-27-5-6-28-73/h12-19,31-32,40-42,45,74H,1-11,20-30,33,56H2,(H2,57,77)(H,64,75)(H,65,76)(H,66,67)(H,68,81)(H,69,78)(H,70,79)(H,71,80)(H4,58,59,62)(H4,60,61,63)/t40-,41-,42-,45-/m0/s1. The molecule has 438 valence electrons. The number of nitrogens with one attached hydrogen (secondary N) is 7. The second kappa shape index (κ2) is 31.6. The Labute approximate surface area is 470 Å². The summed E-state index contributed by atoms with van der Waals surface area (Å²) in [6, 6.07) is 12.5. The van der Waals surface area contributed by atoms with E-state index in [0.717, 1.165) is 62.6 Å². The number of pyridine rings is 1. The van der Waals surface area contributed by atoms with E-state index in [2.05, 4.69) is 57.0 Å². The van der Waals surface area contributed by atoms with Crippen molar-refractivity contribution in [1.82, 2.24) is 36.1 Å². The van der Waals surface area contributed by atoms with Crippen molar-refractivity contribution in [3.05, 3.63) is 66.2 Å². The zero-order chi connectivity index (χ0) is 58.3. The largest absolute Gasteiger partial charge is 0.394 e. The average Bonchev–Trinajstić information content (AvgIpc) is 4.34. The molecule has 6 rings (SSSR count). The number of carbonyl (C=O) groups excluding carboxylic acids is 7. The monoisotopic (exact) mass is 1120 g/mol. The predicted octanol–water partition coefficient (Wildman–Crippen LogP) is 0.247. The Kier molecular flexibility index (Phi) is 24.2. The third-order valence-electron chi connectivity index (χ3n) is 14.0. The van der Waals surface area contributed by atoms with Crippen molar-refractivity contribution in [2.45, 2.75) is 108 Å². The van der Waals surface area contributed by atoms with Crippen LogP contribution >= 0.6 is 0 Å². The number of fused-ring (bicyclic) bond motifs is 2. The van der Waals surface area contributed by atoms with E-state index >= 15 is 0 Å². The molecule has 0 aliphatic carbocycles. The molecule has 3 aromatic carbocycles. The molecule has 2 aliphatic rings. The number of guanidine groups is 2. The molecule has 3 heterocycles. The minimum absolute atomic E-state index is 0.0316. The number of aromatic nitrogens is 1. The Balaban J connectivity index is 1.18. The maximum absolute atomic E-state index is 14.1. The number of rotatable bonds is 32. The van der Waals surface area contributed by atoms with Gasteiger partial charge in [-0.15, -0.1) is 0 Å². The van der Waals surface area contributed by atoms with Gasteiger partial charge in [-0.1, -0.05) is 0 Å². The van der Waals surface area contributed by atoms with Gasteiger partial charge in [0.15, 0.2) is 11.9 Å². The first-order valence-electron chi connectivity index (χ1n) is 27.7. The molecule has 4 atom stereocenters. The Morgan fingerprint density at radius 1 is 0.556 bits per heavy atom. The first kappa shape index (κ1) is 62.0. The molecule has 2 saturated heterocycles. The van der Waals surface area contributed by atoms with Crippen LogP contribution in [0, 0.1) is 0 Å². The second-order valence-corrected chi connectivity index (χ2v) is 20.3. The first-order valence-corrected chi connectivity index (χ1v) is 27.7. The summed E-state index contributed by atoms with van der Waals surface area (Å²) in [5.74, 6) is -4.50. The number of anilines is 4. The summed E-state index contributed by atoms with van der Waals surface area (Å²) in [7, 11) is 0. The summed E-state index contributed by atoms with van der Waals surface area (Å²) in [6.45, 7) is 5.02. The molecular formula is C55H80N18O8. The number of hydrogen-bond donors (Lipinski definition) is 14. The fourth-order valence-corrected chi connectivity index (χ4v) is 9.64. The van der Waals surface area contributed by atoms with Crippen LogP contribution in [0.25, 0.3) is 21.8 Å². The van der Waals surface area contributed by atoms with Crippen LogP contribution in [-0.4, -0.2) is 163 Å². The number of aliphatic imine (C=N–C) groups is 2. The molecule has 0 saturated carbocycles. The number of aliphatic hydroxyl groups excluding tert-OH is 1. The van der Waals surface area contributed by atoms with Crippen LogP contribution in [0.3, 0.4) is 0 Å². The van der Waals surface area contributed by atoms with Gasteiger partial charge < -0.3 is 86.5 Å². The fourth-order valence-electron chi connectivity index (χ4n) is 9.64. The summed E-state index contributed by atoms with van der Waals surface area (Å²) >= 11 is 0. The molecule has 2 fully saturated rings. The number of likely N-dealkylation sites (tertiary alicyclic amines) is 2. The molecule has 7 amide bonds. The normalized spacial score (nSPS) is 14.9. The highest BCUT2D eigenvalue weighted by Gasteiger charge is 2.31. The number of benzene rings is 3. The van der Waals surface area contributed by atoms with Crippen molar-refractivity contribution in [2.24, 2.45) is 44.4 Å². The minimum Gasteiger partial charge on any atom is -0.394 e. The number of carbonyl (C=O) groups is 7. The zero-order valence-electron chi connectivity index (χ0n) is 45.9. The van der Waals surface area contributed by atoms with Gasteiger partial charge in [-0.05, 0) is 164 Å². The minimum atomic E-state index is -1.56. The molecule has 0 unspecified atom stereocenters. The lowest BCUT2D eigenvalue weighted by molar-refractivity contribution is -0.134. The van der Waals surface area contributed by atoms with Crippen molar-refractivity contribution in [3.8, 4) is 0 Å². The maximum atomic E-state index is 14.1. The number of amides is 7. The van der Waals surface area contributed by atoms with Crippen molar-refractivity contribution < 1.29 is 38.7 Å². The Morgan fingerprint density at radius 2 is 1.00 bits per heavy atom. The number of hydrogen-bond acceptors (Lipinski definition) is 15. The molecule has 0 spiro atoms. The number of nitrogens with two attached hydrogens (primary N) is 6. The zero-order valence-corrected chi connectivity index (χ0v) is 45.9. The Bertz CT molecular complexity index is 2770. The molecular weight excluding hydrogens is 1040 g/mol. The van der Waals surface area contributed by atoms with Gasteiger partial charge in [0.25, 0.3) is 5.91 Å². The van der Waals surface area contributed by atoms with Crippen LogP contribution < -0.4 is 71.6 Å². The van der Waals surface area contributed by atoms with Crippen LogP contribution in [0.5, 0.6) is 0 Å². The summed E-state index contributed by atoms with van der Waals surface area (Å²) in [5.41, 5.74) is 36.9. The van der Waals surface area contributed by atoms with Gasteiger partial charge in [0.1, 0.15) is 24.2 Å². The van der Waals surface area contributed by atoms with Crippen LogP contribution in [0.4, 0.5) is 22.7 Å². The molecule has 4 aromatic rings. The number of unbranched alkanes of at least 4 members (excludes halogenated alkanes) is 1. The Morgan fingerprint density at radius 3 is 1.48 bits per heavy atom. The lowest BCUT2D eigenvalue weighted by Crippen LogP contribution is -2.59. The highest BCUT2D eigenvalue weighted by atomic mass is 16.3. The van der Waals surface area contributed by atoms with E-state index in [-0.39, 0.29) is 74.5 Å². The topological polar surface area (TPSA) is 424 Å². The van der Waals surface area contributed by atoms with Crippen LogP contribution in [0.1, 0.15) is 93.8 Å². The van der Waals surface area contributed by atoms with Crippen LogP contribution in [-0.2, 0) is 28.8 Å². The van der Waals surface area contributed by atoms with Gasteiger partial charge in [-0.3, -0.25) is 43.5 Å². The van der Waals surface area contributed by atoms with Gasteiger partial charge in [0.2, 0.25) is 35.4 Å². The molecule has 0 radical (unpaired) electrons. The summed E-state index contributed by atoms with van der Waals surface area (Å²) < 4.78 is 0. The fraction of sp³-hybridized carbons (Fsp3) is 0.491. The van der Waals surface area contributed by atoms with Gasteiger partial charge >= 0.3 is 0 Å². The predicted molar refractivity (Wildman–Crippen MR) is 313 cm³/mol. The molecule has 26 nitrogen and oxygen atoms in total. The number of aliphatic hydroxyl groups is 1. The average molecular weight is 1120 g/mol. The van der Waals surface area contributed by atoms with E-state index < -0.39 is 60.3 Å². The molecule has 81 heavy (non-hydrogen) atoms. The summed E-state index contributed by atoms with van der Waals surface area (Å²) in [5, 5.41) is 31.6. The third-order valence-corrected chi connectivity index (χ3v) is 14.0. The lowest BCUT2D eigenvalue weighted by Gasteiger charge is -2.25. The highest BCUT2D eigenvalue weighted by molar-refractivity contribution is 6.11. The molecule has 20 N–H and O–H groups in total. The van der Waals surface area contributed by atoms with Gasteiger partial charge in [-0.2, -0.15) is 0 Å². The van der Waals surface area contributed by atoms with Gasteiger partial charge in [0, 0.05) is 72.4 Å². The van der Waals surface area contributed by atoms with E-state index in [1.54, 1.807) is 24.3 Å². The Hall–Kier alpha value is -8.20. The molecule has 0 bridgehead atoms. The van der Waals surface area contributed by atoms with Crippen molar-refractivity contribution in [1.29, 1.82) is 0 Å². The molecule has 1 aromatic heterocycles. The quantitative estimate of drug-likeness (QED) is 0.0135. The summed E-state index contributed by atoms with van der Waals surface area (Å²) in [4.78, 5) is 111. The van der Waals surface area contributed by atoms with Gasteiger partial charge in [-0.25, -0.2) is 4.98 Å². The first-order chi connectivity index (χ1) is 39.0. The van der Waals surface area contributed by atoms with E-state index in [4.69, 9.17) is 39.4 Å². The van der Waals surface area contributed by atoms with E-state index in [1.165, 1.54) is 0 Å². The van der Waals surface area contributed by atoms with Crippen molar-refractivity contribution >= 4 is 97.8 Å². The van der Waals surface area contributed by atoms with Crippen molar-refractivity contribution in [3.63, 3.8) is 0 Å². The third kappa shape index (κ3) is 19.8. The van der Waals surface area contributed by atoms with E-state index in [9.17, 15) is 38.7 Å². The number of primary amides is 1. The smallest absolute Gasteiger partial charge is 0.251 e. The van der Waals surface area contributed by atoms with Crippen LogP contribution in [0.15, 0.2) is 70.6 Å². The number of nitrogens with zero attached hydrogens (tertiary/aromatic N) is 5. The summed E-state index contributed by atoms with van der Waals surface area (Å²) in [6.07, 6.45) is 6.86. The molecule has 26 heteroatoms. The second-order valence-electron chi connectivity index (χ2n) is 20.3. The van der Waals surface area contributed by atoms with E-state index in [0.29, 0.717) is 79.1 Å². The van der Waals surface area contributed by atoms with Crippen molar-refractivity contribution in [2.75, 3.05) is 81.5 Å². The SMILES string of the molecule is NCCCC[C@H](NC(=O)c1ccc(Nc2c3ccc(NC(=O)CCN4CCCC4)cc3nc3cc(NC(=O)CCN4CCCC4)ccc23)cc1)C(=O)N[C@@H](CCCN=C(N)N)C(=O)N[C@@H](CO)C(=O)N[C@@H](CCCN=C(N)N)C(N)=O. The maximum Gasteiger partial charge on any atom is 0.251 e.